The van der Waals surface area contributed by atoms with Gasteiger partial charge in [-0.15, -0.1) is 5.10 Å². The van der Waals surface area contributed by atoms with Gasteiger partial charge in [0.1, 0.15) is 24.2 Å². The van der Waals surface area contributed by atoms with Crippen molar-refractivity contribution in [1.82, 2.24) is 9.78 Å². The van der Waals surface area contributed by atoms with E-state index >= 15 is 0 Å². The number of halogens is 1. The lowest BCUT2D eigenvalue weighted by atomic mass is 10.2. The number of hydrogen-bond donors (Lipinski definition) is 1. The molecule has 0 saturated carbocycles. The summed E-state index contributed by atoms with van der Waals surface area (Å²) in [5.74, 6) is 1.17. The largest absolute Gasteiger partial charge is 0.497 e. The number of anilines is 1. The molecule has 0 aliphatic carbocycles. The van der Waals surface area contributed by atoms with Gasteiger partial charge in [-0.1, -0.05) is 41.9 Å². The van der Waals surface area contributed by atoms with E-state index in [9.17, 15) is 5.26 Å². The number of ether oxygens (including phenoxy) is 2. The predicted octanol–water partition coefficient (Wildman–Crippen LogP) is 3.63. The van der Waals surface area contributed by atoms with Crippen LogP contribution < -0.4 is 15.2 Å². The average molecular weight is 369 g/mol. The van der Waals surface area contributed by atoms with Crippen molar-refractivity contribution in [3.05, 3.63) is 70.2 Å². The van der Waals surface area contributed by atoms with Crippen LogP contribution in [0, 0.1) is 11.3 Å². The van der Waals surface area contributed by atoms with E-state index in [4.69, 9.17) is 26.8 Å². The molecule has 2 N–H and O–H groups in total. The molecule has 1 aromatic heterocycles. The minimum atomic E-state index is 0.194. The van der Waals surface area contributed by atoms with E-state index in [2.05, 4.69) is 11.2 Å². The van der Waals surface area contributed by atoms with E-state index in [1.54, 1.807) is 13.2 Å². The van der Waals surface area contributed by atoms with Gasteiger partial charge in [-0.2, -0.15) is 5.26 Å². The molecule has 3 aromatic rings. The molecule has 0 spiro atoms. The lowest BCUT2D eigenvalue weighted by Crippen LogP contribution is -2.06. The Balaban J connectivity index is 1.81. The van der Waals surface area contributed by atoms with Gasteiger partial charge >= 0.3 is 0 Å². The lowest BCUT2D eigenvalue weighted by Gasteiger charge is -2.06. The molecular weight excluding hydrogens is 352 g/mol. The summed E-state index contributed by atoms with van der Waals surface area (Å²) in [6, 6.07) is 16.9. The number of aromatic nitrogens is 2. The molecule has 26 heavy (non-hydrogen) atoms. The van der Waals surface area contributed by atoms with Crippen LogP contribution in [0.2, 0.25) is 5.02 Å². The number of nitrogens with two attached hydrogens (primary N) is 1. The van der Waals surface area contributed by atoms with Crippen LogP contribution in [-0.2, 0) is 13.2 Å². The molecule has 0 amide bonds. The van der Waals surface area contributed by atoms with Crippen LogP contribution in [0.5, 0.6) is 11.6 Å². The normalized spacial score (nSPS) is 10.3. The second-order valence-corrected chi connectivity index (χ2v) is 5.97. The fourth-order valence-corrected chi connectivity index (χ4v) is 2.68. The molecule has 0 saturated heterocycles. The molecule has 0 atom stereocenters. The Hall–Kier alpha value is -3.17. The topological polar surface area (TPSA) is 86.1 Å². The maximum atomic E-state index is 9.40. The molecule has 0 fully saturated rings. The van der Waals surface area contributed by atoms with Crippen LogP contribution in [-0.4, -0.2) is 16.9 Å². The molecule has 3 rings (SSSR count). The van der Waals surface area contributed by atoms with Crippen molar-refractivity contribution >= 4 is 17.4 Å². The molecule has 0 aliphatic rings. The summed E-state index contributed by atoms with van der Waals surface area (Å²) in [6.45, 7) is 0.594. The summed E-state index contributed by atoms with van der Waals surface area (Å²) >= 11 is 6.19. The molecule has 0 bridgehead atoms. The van der Waals surface area contributed by atoms with Gasteiger partial charge in [-0.3, -0.25) is 0 Å². The Morgan fingerprint density at radius 1 is 1.23 bits per heavy atom. The fourth-order valence-electron chi connectivity index (χ4n) is 2.48. The molecule has 132 valence electrons. The van der Waals surface area contributed by atoms with Crippen molar-refractivity contribution in [1.29, 1.82) is 5.26 Å². The van der Waals surface area contributed by atoms with Gasteiger partial charge in [0, 0.05) is 5.02 Å². The summed E-state index contributed by atoms with van der Waals surface area (Å²) in [5.41, 5.74) is 8.02. The quantitative estimate of drug-likeness (QED) is 0.718. The first-order valence-corrected chi connectivity index (χ1v) is 8.25. The molecule has 2 aromatic carbocycles. The zero-order valence-corrected chi connectivity index (χ0v) is 14.9. The first-order valence-electron chi connectivity index (χ1n) is 7.88. The zero-order chi connectivity index (χ0) is 18.5. The van der Waals surface area contributed by atoms with Gasteiger partial charge in [0.05, 0.1) is 13.7 Å². The third-order valence-corrected chi connectivity index (χ3v) is 4.23. The summed E-state index contributed by atoms with van der Waals surface area (Å²) in [4.78, 5) is 0. The standard InChI is InChI=1S/C19H17ClN4O2/c1-25-15-7-4-5-13(9-15)12-26-19-16(10-21)18(22)24(23-19)11-14-6-2-3-8-17(14)20/h2-9H,11-12,22H2,1H3. The first-order chi connectivity index (χ1) is 12.6. The Morgan fingerprint density at radius 3 is 2.77 bits per heavy atom. The van der Waals surface area contributed by atoms with Crippen molar-refractivity contribution in [2.75, 3.05) is 12.8 Å². The molecule has 1 heterocycles. The van der Waals surface area contributed by atoms with E-state index in [1.807, 2.05) is 42.5 Å². The Kier molecular flexibility index (Phi) is 5.30. The number of rotatable bonds is 6. The van der Waals surface area contributed by atoms with Crippen molar-refractivity contribution < 1.29 is 9.47 Å². The van der Waals surface area contributed by atoms with Gasteiger partial charge in [0.2, 0.25) is 0 Å². The second kappa shape index (κ2) is 7.81. The highest BCUT2D eigenvalue weighted by Crippen LogP contribution is 2.26. The van der Waals surface area contributed by atoms with Crippen LogP contribution in [0.15, 0.2) is 48.5 Å². The molecule has 6 nitrogen and oxygen atoms in total. The van der Waals surface area contributed by atoms with Crippen molar-refractivity contribution in [2.24, 2.45) is 0 Å². The minimum Gasteiger partial charge on any atom is -0.497 e. The fraction of sp³-hybridized carbons (Fsp3) is 0.158. The number of nitrogen functional groups attached to an aromatic ring is 1. The Morgan fingerprint density at radius 2 is 2.04 bits per heavy atom. The van der Waals surface area contributed by atoms with Crippen LogP contribution in [0.1, 0.15) is 16.7 Å². The molecule has 0 unspecified atom stereocenters. The zero-order valence-electron chi connectivity index (χ0n) is 14.1. The molecule has 0 aliphatic heterocycles. The van der Waals surface area contributed by atoms with Crippen molar-refractivity contribution in [2.45, 2.75) is 13.2 Å². The number of hydrogen-bond acceptors (Lipinski definition) is 5. The number of benzene rings is 2. The molecule has 7 heteroatoms. The van der Waals surface area contributed by atoms with E-state index in [0.29, 0.717) is 11.6 Å². The van der Waals surface area contributed by atoms with E-state index < -0.39 is 0 Å². The number of nitrogens with zero attached hydrogens (tertiary/aromatic N) is 3. The highest BCUT2D eigenvalue weighted by atomic mass is 35.5. The van der Waals surface area contributed by atoms with Gasteiger partial charge in [0.25, 0.3) is 5.88 Å². The number of methoxy groups -OCH3 is 1. The van der Waals surface area contributed by atoms with Gasteiger partial charge in [-0.05, 0) is 29.3 Å². The molecular formula is C19H17ClN4O2. The third kappa shape index (κ3) is 3.73. The maximum absolute atomic E-state index is 9.40. The van der Waals surface area contributed by atoms with Crippen molar-refractivity contribution in [3.63, 3.8) is 0 Å². The second-order valence-electron chi connectivity index (χ2n) is 5.57. The smallest absolute Gasteiger partial charge is 0.253 e. The van der Waals surface area contributed by atoms with Gasteiger partial charge in [0.15, 0.2) is 5.56 Å². The highest BCUT2D eigenvalue weighted by Gasteiger charge is 2.18. The van der Waals surface area contributed by atoms with E-state index in [-0.39, 0.29) is 23.9 Å². The average Bonchev–Trinajstić information content (AvgIpc) is 2.96. The van der Waals surface area contributed by atoms with Gasteiger partial charge in [-0.25, -0.2) is 4.68 Å². The first kappa shape index (κ1) is 17.6. The number of nitriles is 1. The minimum absolute atomic E-state index is 0.194. The van der Waals surface area contributed by atoms with Crippen molar-refractivity contribution in [3.8, 4) is 17.7 Å². The summed E-state index contributed by atoms with van der Waals surface area (Å²) < 4.78 is 12.4. The monoisotopic (exact) mass is 368 g/mol. The summed E-state index contributed by atoms with van der Waals surface area (Å²) in [7, 11) is 1.60. The lowest BCUT2D eigenvalue weighted by molar-refractivity contribution is 0.288. The highest BCUT2D eigenvalue weighted by molar-refractivity contribution is 6.31. The summed E-state index contributed by atoms with van der Waals surface area (Å²) in [6.07, 6.45) is 0. The van der Waals surface area contributed by atoms with Crippen LogP contribution in [0.4, 0.5) is 5.82 Å². The van der Waals surface area contributed by atoms with Gasteiger partial charge < -0.3 is 15.2 Å². The third-order valence-electron chi connectivity index (χ3n) is 3.86. The SMILES string of the molecule is COc1cccc(COc2nn(Cc3ccccc3Cl)c(N)c2C#N)c1. The Labute approximate surface area is 156 Å². The van der Waals surface area contributed by atoms with E-state index in [0.717, 1.165) is 16.9 Å². The summed E-state index contributed by atoms with van der Waals surface area (Å²) in [5, 5.41) is 14.3. The van der Waals surface area contributed by atoms with E-state index in [1.165, 1.54) is 4.68 Å². The van der Waals surface area contributed by atoms with Crippen LogP contribution >= 0.6 is 11.6 Å². The van der Waals surface area contributed by atoms with Crippen LogP contribution in [0.25, 0.3) is 0 Å². The Bertz CT molecular complexity index is 962. The maximum Gasteiger partial charge on any atom is 0.253 e. The predicted molar refractivity (Wildman–Crippen MR) is 99.2 cm³/mol. The van der Waals surface area contributed by atoms with Crippen LogP contribution in [0.3, 0.4) is 0 Å². The molecule has 0 radical (unpaired) electrons.